The molecule has 3 rings (SSSR count). The summed E-state index contributed by atoms with van der Waals surface area (Å²) in [5.41, 5.74) is 1.17. The number of amides is 2. The van der Waals surface area contributed by atoms with E-state index in [-0.39, 0.29) is 41.8 Å². The molecule has 156 valence electrons. The molecule has 0 spiro atoms. The van der Waals surface area contributed by atoms with Crippen LogP contribution in [0.25, 0.3) is 10.8 Å². The van der Waals surface area contributed by atoms with Crippen molar-refractivity contribution in [3.05, 3.63) is 48.0 Å². The standard InChI is InChI=1S/C22H28N4O2.HI/c1-3-23-22(24-13-14-26-20(27)9-6-10-21(26)28)25-16(2)18-12-11-17-7-4-5-8-19(17)15-18;/h4-5,7-8,11-12,15-16H,3,6,9-10,13-14H2,1-2H3,(H2,23,24,25);1H. The Kier molecular flexibility index (Phi) is 8.88. The molecule has 2 amide bonds. The van der Waals surface area contributed by atoms with Crippen molar-refractivity contribution in [2.45, 2.75) is 39.2 Å². The number of guanidine groups is 1. The Morgan fingerprint density at radius 2 is 1.79 bits per heavy atom. The lowest BCUT2D eigenvalue weighted by atomic mass is 10.0. The van der Waals surface area contributed by atoms with Gasteiger partial charge in [-0.15, -0.1) is 24.0 Å². The van der Waals surface area contributed by atoms with Crippen LogP contribution in [0.4, 0.5) is 0 Å². The minimum Gasteiger partial charge on any atom is -0.357 e. The number of rotatable bonds is 6. The second-order valence-corrected chi connectivity index (χ2v) is 7.03. The first kappa shape index (κ1) is 23.1. The number of likely N-dealkylation sites (tertiary alicyclic amines) is 1. The Hall–Kier alpha value is -2.16. The van der Waals surface area contributed by atoms with Crippen LogP contribution in [0, 0.1) is 0 Å². The van der Waals surface area contributed by atoms with Gasteiger partial charge in [-0.25, -0.2) is 0 Å². The van der Waals surface area contributed by atoms with Crippen LogP contribution in [0.5, 0.6) is 0 Å². The van der Waals surface area contributed by atoms with E-state index in [1.165, 1.54) is 21.2 Å². The first-order valence-corrected chi connectivity index (χ1v) is 9.95. The smallest absolute Gasteiger partial charge is 0.229 e. The number of nitrogens with zero attached hydrogens (tertiary/aromatic N) is 2. The number of benzene rings is 2. The largest absolute Gasteiger partial charge is 0.357 e. The highest BCUT2D eigenvalue weighted by atomic mass is 127. The zero-order valence-corrected chi connectivity index (χ0v) is 19.3. The van der Waals surface area contributed by atoms with Crippen molar-refractivity contribution in [1.29, 1.82) is 0 Å². The molecule has 0 saturated carbocycles. The van der Waals surface area contributed by atoms with E-state index in [1.54, 1.807) is 0 Å². The molecular formula is C22H29IN4O2. The third-order valence-electron chi connectivity index (χ3n) is 4.95. The molecule has 0 radical (unpaired) electrons. The van der Waals surface area contributed by atoms with Crippen LogP contribution in [-0.2, 0) is 9.59 Å². The number of imide groups is 1. The van der Waals surface area contributed by atoms with Crippen molar-refractivity contribution in [2.75, 3.05) is 19.6 Å². The lowest BCUT2D eigenvalue weighted by Gasteiger charge is -2.24. The Morgan fingerprint density at radius 1 is 1.10 bits per heavy atom. The summed E-state index contributed by atoms with van der Waals surface area (Å²) in [6.07, 6.45) is 1.56. The molecule has 1 aliphatic heterocycles. The molecule has 1 saturated heterocycles. The lowest BCUT2D eigenvalue weighted by Crippen LogP contribution is -2.42. The second kappa shape index (κ2) is 11.1. The van der Waals surface area contributed by atoms with Crippen molar-refractivity contribution < 1.29 is 9.59 Å². The van der Waals surface area contributed by atoms with Gasteiger partial charge in [0, 0.05) is 25.9 Å². The molecule has 1 heterocycles. The van der Waals surface area contributed by atoms with Gasteiger partial charge in [0.05, 0.1) is 12.6 Å². The van der Waals surface area contributed by atoms with Crippen LogP contribution >= 0.6 is 24.0 Å². The number of aliphatic imine (C=N–C) groups is 1. The van der Waals surface area contributed by atoms with Crippen LogP contribution in [-0.4, -0.2) is 42.3 Å². The number of nitrogens with one attached hydrogen (secondary N) is 2. The molecule has 1 aliphatic rings. The van der Waals surface area contributed by atoms with Gasteiger partial charge in [0.2, 0.25) is 11.8 Å². The Bertz CT molecular complexity index is 868. The second-order valence-electron chi connectivity index (χ2n) is 7.03. The first-order valence-electron chi connectivity index (χ1n) is 9.95. The molecule has 0 aliphatic carbocycles. The summed E-state index contributed by atoms with van der Waals surface area (Å²) < 4.78 is 0. The van der Waals surface area contributed by atoms with Gasteiger partial charge in [0.1, 0.15) is 0 Å². The van der Waals surface area contributed by atoms with Gasteiger partial charge in [0.15, 0.2) is 5.96 Å². The Balaban J connectivity index is 0.00000300. The third-order valence-corrected chi connectivity index (χ3v) is 4.95. The average Bonchev–Trinajstić information content (AvgIpc) is 2.70. The zero-order valence-electron chi connectivity index (χ0n) is 17.0. The van der Waals surface area contributed by atoms with Gasteiger partial charge in [0.25, 0.3) is 0 Å². The Labute approximate surface area is 189 Å². The van der Waals surface area contributed by atoms with Crippen molar-refractivity contribution >= 4 is 52.5 Å². The molecule has 0 bridgehead atoms. The minimum absolute atomic E-state index is 0. The molecule has 1 atom stereocenters. The number of carbonyl (C=O) groups excluding carboxylic acids is 2. The number of carbonyl (C=O) groups is 2. The summed E-state index contributed by atoms with van der Waals surface area (Å²) in [6, 6.07) is 14.8. The van der Waals surface area contributed by atoms with Gasteiger partial charge in [-0.05, 0) is 42.7 Å². The summed E-state index contributed by atoms with van der Waals surface area (Å²) >= 11 is 0. The van der Waals surface area contributed by atoms with Gasteiger partial charge in [-0.2, -0.15) is 0 Å². The molecule has 1 unspecified atom stereocenters. The predicted molar refractivity (Wildman–Crippen MR) is 127 cm³/mol. The fraction of sp³-hybridized carbons (Fsp3) is 0.409. The minimum atomic E-state index is -0.0889. The van der Waals surface area contributed by atoms with Crippen molar-refractivity contribution in [1.82, 2.24) is 15.5 Å². The first-order chi connectivity index (χ1) is 13.6. The van der Waals surface area contributed by atoms with E-state index in [9.17, 15) is 9.59 Å². The average molecular weight is 508 g/mol. The summed E-state index contributed by atoms with van der Waals surface area (Å²) in [4.78, 5) is 29.7. The molecule has 2 aromatic rings. The molecule has 0 aromatic heterocycles. The van der Waals surface area contributed by atoms with E-state index in [2.05, 4.69) is 52.9 Å². The van der Waals surface area contributed by atoms with Gasteiger partial charge < -0.3 is 10.6 Å². The molecule has 1 fully saturated rings. The van der Waals surface area contributed by atoms with Crippen LogP contribution in [0.2, 0.25) is 0 Å². The van der Waals surface area contributed by atoms with E-state index < -0.39 is 0 Å². The maximum Gasteiger partial charge on any atom is 0.229 e. The summed E-state index contributed by atoms with van der Waals surface area (Å²) in [7, 11) is 0. The summed E-state index contributed by atoms with van der Waals surface area (Å²) in [5.74, 6) is 0.503. The van der Waals surface area contributed by atoms with Crippen molar-refractivity contribution in [3.8, 4) is 0 Å². The van der Waals surface area contributed by atoms with E-state index in [0.717, 1.165) is 6.54 Å². The normalized spacial score (nSPS) is 15.8. The highest BCUT2D eigenvalue weighted by Gasteiger charge is 2.25. The monoisotopic (exact) mass is 508 g/mol. The van der Waals surface area contributed by atoms with Gasteiger partial charge in [-0.3, -0.25) is 19.5 Å². The number of hydrogen-bond donors (Lipinski definition) is 2. The molecule has 2 aromatic carbocycles. The summed E-state index contributed by atoms with van der Waals surface area (Å²) in [6.45, 7) is 5.55. The topological polar surface area (TPSA) is 73.8 Å². The van der Waals surface area contributed by atoms with Crippen LogP contribution in [0.3, 0.4) is 0 Å². The molecule has 2 N–H and O–H groups in total. The molecular weight excluding hydrogens is 479 g/mol. The van der Waals surface area contributed by atoms with E-state index in [1.807, 2.05) is 19.1 Å². The van der Waals surface area contributed by atoms with E-state index in [0.29, 0.717) is 38.3 Å². The molecule has 6 nitrogen and oxygen atoms in total. The predicted octanol–water partition coefficient (Wildman–Crippen LogP) is 3.61. The van der Waals surface area contributed by atoms with Gasteiger partial charge in [-0.1, -0.05) is 36.4 Å². The van der Waals surface area contributed by atoms with Gasteiger partial charge >= 0.3 is 0 Å². The fourth-order valence-corrected chi connectivity index (χ4v) is 3.40. The van der Waals surface area contributed by atoms with Crippen molar-refractivity contribution in [3.63, 3.8) is 0 Å². The number of fused-ring (bicyclic) bond motifs is 1. The Morgan fingerprint density at radius 3 is 2.48 bits per heavy atom. The SMILES string of the molecule is CCNC(=NCCN1C(=O)CCCC1=O)NC(C)c1ccc2ccccc2c1.I. The quantitative estimate of drug-likeness (QED) is 0.271. The van der Waals surface area contributed by atoms with Crippen LogP contribution in [0.1, 0.15) is 44.7 Å². The van der Waals surface area contributed by atoms with E-state index >= 15 is 0 Å². The third kappa shape index (κ3) is 6.16. The number of hydrogen-bond acceptors (Lipinski definition) is 3. The summed E-state index contributed by atoms with van der Waals surface area (Å²) in [5, 5.41) is 9.06. The lowest BCUT2D eigenvalue weighted by molar-refractivity contribution is -0.147. The maximum absolute atomic E-state index is 11.9. The van der Waals surface area contributed by atoms with Crippen molar-refractivity contribution in [2.24, 2.45) is 4.99 Å². The highest BCUT2D eigenvalue weighted by molar-refractivity contribution is 14.0. The van der Waals surface area contributed by atoms with Crippen LogP contribution < -0.4 is 10.6 Å². The number of halogens is 1. The molecule has 7 heteroatoms. The number of piperidine rings is 1. The van der Waals surface area contributed by atoms with E-state index in [4.69, 9.17) is 0 Å². The molecule has 29 heavy (non-hydrogen) atoms. The van der Waals surface area contributed by atoms with Crippen LogP contribution in [0.15, 0.2) is 47.5 Å². The maximum atomic E-state index is 11.9. The highest BCUT2D eigenvalue weighted by Crippen LogP contribution is 2.20. The fourth-order valence-electron chi connectivity index (χ4n) is 3.40. The zero-order chi connectivity index (χ0) is 19.9.